The van der Waals surface area contributed by atoms with Gasteiger partial charge in [-0.2, -0.15) is 8.42 Å². The fourth-order valence-corrected chi connectivity index (χ4v) is 5.15. The second-order valence-corrected chi connectivity index (χ2v) is 9.65. The van der Waals surface area contributed by atoms with E-state index in [4.69, 9.17) is 4.74 Å². The van der Waals surface area contributed by atoms with Gasteiger partial charge in [-0.05, 0) is 49.6 Å². The van der Waals surface area contributed by atoms with Crippen LogP contribution in [0.25, 0.3) is 10.2 Å². The molecule has 0 saturated heterocycles. The molecule has 1 aromatic heterocycles. The number of thiazole rings is 1. The second kappa shape index (κ2) is 8.51. The SMILES string of the molecule is CCOC(=O)Cn1c(=NS(=O)(=O)c2ccc(C)cc2)sc2cc(C(C)C)ccc21. The normalized spacial score (nSPS) is 12.7. The minimum absolute atomic E-state index is 0.100. The third kappa shape index (κ3) is 4.76. The molecule has 0 atom stereocenters. The van der Waals surface area contributed by atoms with Crippen LogP contribution in [0.15, 0.2) is 51.8 Å². The van der Waals surface area contributed by atoms with Gasteiger partial charge in [-0.1, -0.05) is 48.9 Å². The van der Waals surface area contributed by atoms with Crippen LogP contribution in [0.4, 0.5) is 0 Å². The molecule has 0 N–H and O–H groups in total. The second-order valence-electron chi connectivity index (χ2n) is 7.04. The van der Waals surface area contributed by atoms with Gasteiger partial charge in [-0.25, -0.2) is 0 Å². The summed E-state index contributed by atoms with van der Waals surface area (Å²) in [5.74, 6) is -0.106. The van der Waals surface area contributed by atoms with Gasteiger partial charge in [0.2, 0.25) is 4.80 Å². The molecular weight excluding hydrogens is 408 g/mol. The van der Waals surface area contributed by atoms with Crippen LogP contribution >= 0.6 is 11.3 Å². The number of sulfonamides is 1. The maximum atomic E-state index is 12.8. The zero-order valence-electron chi connectivity index (χ0n) is 16.9. The molecule has 0 aliphatic rings. The first kappa shape index (κ1) is 21.3. The molecule has 3 rings (SSSR count). The lowest BCUT2D eigenvalue weighted by Crippen LogP contribution is -2.23. The number of ether oxygens (including phenoxy) is 1. The maximum Gasteiger partial charge on any atom is 0.326 e. The van der Waals surface area contributed by atoms with Gasteiger partial charge in [-0.15, -0.1) is 4.40 Å². The van der Waals surface area contributed by atoms with E-state index in [1.54, 1.807) is 23.6 Å². The van der Waals surface area contributed by atoms with E-state index in [-0.39, 0.29) is 22.8 Å². The lowest BCUT2D eigenvalue weighted by Gasteiger charge is -2.07. The third-order valence-corrected chi connectivity index (χ3v) is 6.92. The molecule has 0 unspecified atom stereocenters. The number of hydrogen-bond donors (Lipinski definition) is 0. The molecule has 1 heterocycles. The van der Waals surface area contributed by atoms with E-state index in [9.17, 15) is 13.2 Å². The van der Waals surface area contributed by atoms with Crippen molar-refractivity contribution < 1.29 is 17.9 Å². The Labute approximate surface area is 174 Å². The molecule has 0 bridgehead atoms. The number of carbonyl (C=O) groups is 1. The number of aromatic nitrogens is 1. The van der Waals surface area contributed by atoms with Crippen molar-refractivity contribution in [2.75, 3.05) is 6.61 Å². The van der Waals surface area contributed by atoms with Gasteiger partial charge in [-0.3, -0.25) is 4.79 Å². The highest BCUT2D eigenvalue weighted by atomic mass is 32.2. The van der Waals surface area contributed by atoms with E-state index in [1.807, 2.05) is 25.1 Å². The van der Waals surface area contributed by atoms with E-state index in [1.165, 1.54) is 23.5 Å². The Balaban J connectivity index is 2.19. The van der Waals surface area contributed by atoms with Crippen molar-refractivity contribution in [3.8, 4) is 0 Å². The molecule has 0 radical (unpaired) electrons. The smallest absolute Gasteiger partial charge is 0.326 e. The van der Waals surface area contributed by atoms with Gasteiger partial charge in [0.1, 0.15) is 6.54 Å². The third-order valence-electron chi connectivity index (χ3n) is 4.48. The predicted octanol–water partition coefficient (Wildman–Crippen LogP) is 3.99. The number of nitrogens with zero attached hydrogens (tertiary/aromatic N) is 2. The highest BCUT2D eigenvalue weighted by Gasteiger charge is 2.17. The van der Waals surface area contributed by atoms with Crippen LogP contribution < -0.4 is 4.80 Å². The molecule has 0 aliphatic heterocycles. The zero-order chi connectivity index (χ0) is 21.2. The van der Waals surface area contributed by atoms with Crippen molar-refractivity contribution >= 4 is 37.5 Å². The van der Waals surface area contributed by atoms with Gasteiger partial charge < -0.3 is 9.30 Å². The highest BCUT2D eigenvalue weighted by Crippen LogP contribution is 2.24. The van der Waals surface area contributed by atoms with Crippen molar-refractivity contribution in [2.24, 2.45) is 4.40 Å². The summed E-state index contributed by atoms with van der Waals surface area (Å²) in [6.07, 6.45) is 0. The molecule has 3 aromatic rings. The van der Waals surface area contributed by atoms with Gasteiger partial charge in [0.25, 0.3) is 10.0 Å². The molecule has 0 fully saturated rings. The molecule has 0 spiro atoms. The lowest BCUT2D eigenvalue weighted by molar-refractivity contribution is -0.143. The molecule has 0 saturated carbocycles. The lowest BCUT2D eigenvalue weighted by atomic mass is 10.0. The fourth-order valence-electron chi connectivity index (χ4n) is 2.87. The van der Waals surface area contributed by atoms with E-state index in [0.29, 0.717) is 5.92 Å². The number of carbonyl (C=O) groups excluding carboxylic acids is 1. The fraction of sp³-hybridized carbons (Fsp3) is 0.333. The summed E-state index contributed by atoms with van der Waals surface area (Å²) < 4.78 is 37.3. The molecular formula is C21H24N2O4S2. The highest BCUT2D eigenvalue weighted by molar-refractivity contribution is 7.90. The number of aryl methyl sites for hydroxylation is 1. The Morgan fingerprint density at radius 2 is 1.86 bits per heavy atom. The molecule has 29 heavy (non-hydrogen) atoms. The van der Waals surface area contributed by atoms with Crippen molar-refractivity contribution in [1.29, 1.82) is 0 Å². The summed E-state index contributed by atoms with van der Waals surface area (Å²) in [4.78, 5) is 12.5. The summed E-state index contributed by atoms with van der Waals surface area (Å²) >= 11 is 1.25. The first-order valence-electron chi connectivity index (χ1n) is 9.38. The summed E-state index contributed by atoms with van der Waals surface area (Å²) in [5, 5.41) is 0. The van der Waals surface area contributed by atoms with E-state index in [0.717, 1.165) is 21.3 Å². The molecule has 8 heteroatoms. The van der Waals surface area contributed by atoms with Gasteiger partial charge in [0, 0.05) is 0 Å². The van der Waals surface area contributed by atoms with Crippen LogP contribution in [0.2, 0.25) is 0 Å². The van der Waals surface area contributed by atoms with E-state index in [2.05, 4.69) is 18.2 Å². The molecule has 2 aromatic carbocycles. The van der Waals surface area contributed by atoms with Crippen LogP contribution in [0.5, 0.6) is 0 Å². The van der Waals surface area contributed by atoms with Crippen LogP contribution in [0, 0.1) is 6.92 Å². The van der Waals surface area contributed by atoms with Gasteiger partial charge in [0.15, 0.2) is 0 Å². The Morgan fingerprint density at radius 3 is 2.48 bits per heavy atom. The van der Waals surface area contributed by atoms with Crippen LogP contribution in [-0.2, 0) is 26.1 Å². The Hall–Kier alpha value is -2.45. The Kier molecular flexibility index (Phi) is 6.24. The molecule has 0 amide bonds. The number of hydrogen-bond acceptors (Lipinski definition) is 5. The number of fused-ring (bicyclic) bond motifs is 1. The zero-order valence-corrected chi connectivity index (χ0v) is 18.5. The number of rotatable bonds is 6. The van der Waals surface area contributed by atoms with E-state index < -0.39 is 16.0 Å². The molecule has 0 aliphatic carbocycles. The molecule has 6 nitrogen and oxygen atoms in total. The van der Waals surface area contributed by atoms with Crippen molar-refractivity contribution in [1.82, 2.24) is 4.57 Å². The first-order valence-corrected chi connectivity index (χ1v) is 11.6. The van der Waals surface area contributed by atoms with Crippen LogP contribution in [-0.4, -0.2) is 25.6 Å². The Morgan fingerprint density at radius 1 is 1.17 bits per heavy atom. The monoisotopic (exact) mass is 432 g/mol. The largest absolute Gasteiger partial charge is 0.465 e. The van der Waals surface area contributed by atoms with Crippen LogP contribution in [0.3, 0.4) is 0 Å². The maximum absolute atomic E-state index is 12.8. The van der Waals surface area contributed by atoms with Gasteiger partial charge in [0.05, 0.1) is 21.7 Å². The minimum atomic E-state index is -3.91. The van der Waals surface area contributed by atoms with Crippen LogP contribution in [0.1, 0.15) is 37.8 Å². The average molecular weight is 433 g/mol. The van der Waals surface area contributed by atoms with Gasteiger partial charge >= 0.3 is 5.97 Å². The Bertz CT molecular complexity index is 1200. The molecule has 154 valence electrons. The predicted molar refractivity (Wildman–Crippen MR) is 114 cm³/mol. The first-order chi connectivity index (χ1) is 13.7. The standard InChI is InChI=1S/C21H24N2O4S2/c1-5-27-20(24)13-23-18-11-8-16(14(2)3)12-19(18)28-21(23)22-29(25,26)17-9-6-15(4)7-10-17/h6-12,14H,5,13H2,1-4H3. The number of benzene rings is 2. The van der Waals surface area contributed by atoms with Crippen molar-refractivity contribution in [3.63, 3.8) is 0 Å². The number of esters is 1. The quantitative estimate of drug-likeness (QED) is 0.552. The minimum Gasteiger partial charge on any atom is -0.465 e. The summed E-state index contributed by atoms with van der Waals surface area (Å²) in [6.45, 7) is 7.96. The van der Waals surface area contributed by atoms with Crippen molar-refractivity contribution in [3.05, 3.63) is 58.4 Å². The summed E-state index contributed by atoms with van der Waals surface area (Å²) in [7, 11) is -3.91. The van der Waals surface area contributed by atoms with Crippen molar-refractivity contribution in [2.45, 2.75) is 45.1 Å². The topological polar surface area (TPSA) is 77.7 Å². The summed E-state index contributed by atoms with van der Waals surface area (Å²) in [6, 6.07) is 12.4. The average Bonchev–Trinajstić information content (AvgIpc) is 2.98. The summed E-state index contributed by atoms with van der Waals surface area (Å²) in [5.41, 5.74) is 2.85. The van der Waals surface area contributed by atoms with E-state index >= 15 is 0 Å².